The molecule has 0 aromatic rings. The Labute approximate surface area is 94.5 Å². The van der Waals surface area contributed by atoms with Crippen LogP contribution in [0.1, 0.15) is 13.8 Å². The number of amides is 3. The maximum atomic E-state index is 11.0. The van der Waals surface area contributed by atoms with Crippen molar-refractivity contribution in [1.82, 2.24) is 10.6 Å². The monoisotopic (exact) mass is 236 g/mol. The lowest BCUT2D eigenvalue weighted by molar-refractivity contribution is -0.117. The first-order valence-corrected chi connectivity index (χ1v) is 5.31. The van der Waals surface area contributed by atoms with Crippen LogP contribution in [0.4, 0.5) is 4.79 Å². The Balaban J connectivity index is 3.35. The molecular weight excluding hydrogens is 220 g/mol. The summed E-state index contributed by atoms with van der Waals surface area (Å²) in [6, 6.07) is -0.547. The molecule has 0 fully saturated rings. The molecule has 0 bridgehead atoms. The highest BCUT2D eigenvalue weighted by atomic mass is 35.5. The first-order chi connectivity index (χ1) is 7.06. The molecule has 6 heteroatoms. The van der Waals surface area contributed by atoms with Crippen LogP contribution < -0.4 is 10.6 Å². The fourth-order valence-electron chi connectivity index (χ4n) is 0.760. The van der Waals surface area contributed by atoms with Crippen LogP contribution in [0.5, 0.6) is 0 Å². The van der Waals surface area contributed by atoms with Gasteiger partial charge in [0, 0.05) is 13.2 Å². The van der Waals surface area contributed by atoms with Gasteiger partial charge in [-0.25, -0.2) is 4.79 Å². The number of hydrogen-bond acceptors (Lipinski definition) is 3. The summed E-state index contributed by atoms with van der Waals surface area (Å²) >= 11 is 5.20. The lowest BCUT2D eigenvalue weighted by atomic mass is 10.2. The third-order valence-corrected chi connectivity index (χ3v) is 1.60. The SMILES string of the molecule is CC(C)COCCNC(=O)NC(=O)CCl. The van der Waals surface area contributed by atoms with E-state index in [4.69, 9.17) is 16.3 Å². The van der Waals surface area contributed by atoms with Crippen molar-refractivity contribution in [2.24, 2.45) is 5.92 Å². The molecule has 0 spiro atoms. The standard InChI is InChI=1S/C9H17ClN2O3/c1-7(2)6-15-4-3-11-9(14)12-8(13)5-10/h7H,3-6H2,1-2H3,(H2,11,12,13,14). The van der Waals surface area contributed by atoms with E-state index >= 15 is 0 Å². The quantitative estimate of drug-likeness (QED) is 0.528. The van der Waals surface area contributed by atoms with E-state index in [1.165, 1.54) is 0 Å². The summed E-state index contributed by atoms with van der Waals surface area (Å²) in [5.74, 6) is -0.272. The van der Waals surface area contributed by atoms with E-state index in [-0.39, 0.29) is 5.88 Å². The first-order valence-electron chi connectivity index (χ1n) is 4.77. The summed E-state index contributed by atoms with van der Waals surface area (Å²) in [6.07, 6.45) is 0. The van der Waals surface area contributed by atoms with Gasteiger partial charge >= 0.3 is 6.03 Å². The topological polar surface area (TPSA) is 67.4 Å². The van der Waals surface area contributed by atoms with Crippen LogP contribution in [-0.4, -0.2) is 37.6 Å². The van der Waals surface area contributed by atoms with Crippen molar-refractivity contribution in [1.29, 1.82) is 0 Å². The van der Waals surface area contributed by atoms with Crippen LogP contribution in [0, 0.1) is 5.92 Å². The molecule has 88 valence electrons. The molecule has 0 saturated heterocycles. The number of carbonyl (C=O) groups excluding carboxylic acids is 2. The van der Waals surface area contributed by atoms with Gasteiger partial charge in [0.1, 0.15) is 5.88 Å². The van der Waals surface area contributed by atoms with Gasteiger partial charge in [0.2, 0.25) is 5.91 Å². The number of carbonyl (C=O) groups is 2. The Morgan fingerprint density at radius 1 is 1.40 bits per heavy atom. The molecule has 3 amide bonds. The first kappa shape index (κ1) is 14.2. The van der Waals surface area contributed by atoms with Crippen LogP contribution in [0.2, 0.25) is 0 Å². The van der Waals surface area contributed by atoms with Crippen molar-refractivity contribution in [3.05, 3.63) is 0 Å². The molecule has 0 rings (SSSR count). The van der Waals surface area contributed by atoms with Crippen molar-refractivity contribution in [3.8, 4) is 0 Å². The highest BCUT2D eigenvalue weighted by Crippen LogP contribution is 1.90. The smallest absolute Gasteiger partial charge is 0.321 e. The van der Waals surface area contributed by atoms with E-state index in [1.807, 2.05) is 13.8 Å². The third kappa shape index (κ3) is 9.49. The van der Waals surface area contributed by atoms with Gasteiger partial charge in [-0.3, -0.25) is 10.1 Å². The van der Waals surface area contributed by atoms with E-state index in [0.717, 1.165) is 0 Å². The average Bonchev–Trinajstić information content (AvgIpc) is 2.16. The zero-order valence-corrected chi connectivity index (χ0v) is 9.76. The molecule has 0 radical (unpaired) electrons. The van der Waals surface area contributed by atoms with Gasteiger partial charge in [-0.1, -0.05) is 13.8 Å². The fraction of sp³-hybridized carbons (Fsp3) is 0.778. The molecular formula is C9H17ClN2O3. The number of rotatable bonds is 6. The molecule has 2 N–H and O–H groups in total. The summed E-state index contributed by atoms with van der Waals surface area (Å²) in [5.41, 5.74) is 0. The van der Waals surface area contributed by atoms with Crippen LogP contribution >= 0.6 is 11.6 Å². The Morgan fingerprint density at radius 2 is 2.07 bits per heavy atom. The maximum Gasteiger partial charge on any atom is 0.321 e. The zero-order valence-electron chi connectivity index (χ0n) is 9.01. The number of ether oxygens (including phenoxy) is 1. The molecule has 0 aromatic carbocycles. The van der Waals surface area contributed by atoms with Gasteiger partial charge in [0.05, 0.1) is 6.61 Å². The van der Waals surface area contributed by atoms with E-state index < -0.39 is 11.9 Å². The second kappa shape index (κ2) is 8.49. The van der Waals surface area contributed by atoms with Gasteiger partial charge < -0.3 is 10.1 Å². The van der Waals surface area contributed by atoms with Crippen molar-refractivity contribution >= 4 is 23.5 Å². The van der Waals surface area contributed by atoms with Gasteiger partial charge in [0.25, 0.3) is 0 Å². The molecule has 0 unspecified atom stereocenters. The minimum atomic E-state index is -0.547. The van der Waals surface area contributed by atoms with Crippen LogP contribution in [0.3, 0.4) is 0 Å². The molecule has 15 heavy (non-hydrogen) atoms. The molecule has 0 heterocycles. The molecule has 0 aromatic heterocycles. The summed E-state index contributed by atoms with van der Waals surface area (Å²) in [6.45, 7) is 5.54. The lowest BCUT2D eigenvalue weighted by Gasteiger charge is -2.08. The van der Waals surface area contributed by atoms with E-state index in [2.05, 4.69) is 10.6 Å². The summed E-state index contributed by atoms with van der Waals surface area (Å²) in [4.78, 5) is 21.6. The molecule has 5 nitrogen and oxygen atoms in total. The molecule has 0 aliphatic heterocycles. The predicted molar refractivity (Wildman–Crippen MR) is 57.9 cm³/mol. The molecule has 0 aliphatic rings. The number of alkyl halides is 1. The minimum absolute atomic E-state index is 0.225. The zero-order chi connectivity index (χ0) is 11.7. The number of hydrogen-bond donors (Lipinski definition) is 2. The van der Waals surface area contributed by atoms with E-state index in [1.54, 1.807) is 0 Å². The normalized spacial score (nSPS) is 10.1. The Bertz CT molecular complexity index is 210. The van der Waals surface area contributed by atoms with Gasteiger partial charge in [0.15, 0.2) is 0 Å². The van der Waals surface area contributed by atoms with Crippen LogP contribution in [0.25, 0.3) is 0 Å². The Kier molecular flexibility index (Phi) is 8.04. The number of imide groups is 1. The second-order valence-corrected chi connectivity index (χ2v) is 3.67. The summed E-state index contributed by atoms with van der Waals surface area (Å²) in [7, 11) is 0. The maximum absolute atomic E-state index is 11.0. The Hall–Kier alpha value is -0.810. The van der Waals surface area contributed by atoms with E-state index in [9.17, 15) is 9.59 Å². The Morgan fingerprint density at radius 3 is 2.60 bits per heavy atom. The van der Waals surface area contributed by atoms with Crippen molar-refractivity contribution in [3.63, 3.8) is 0 Å². The predicted octanol–water partition coefficient (Wildman–Crippen LogP) is 0.724. The molecule has 0 atom stereocenters. The lowest BCUT2D eigenvalue weighted by Crippen LogP contribution is -2.41. The van der Waals surface area contributed by atoms with Crippen molar-refractivity contribution in [2.75, 3.05) is 25.6 Å². The van der Waals surface area contributed by atoms with Gasteiger partial charge in [-0.15, -0.1) is 11.6 Å². The van der Waals surface area contributed by atoms with Crippen LogP contribution in [0.15, 0.2) is 0 Å². The average molecular weight is 237 g/mol. The fourth-order valence-corrected chi connectivity index (χ4v) is 0.827. The van der Waals surface area contributed by atoms with Gasteiger partial charge in [-0.05, 0) is 5.92 Å². The summed E-state index contributed by atoms with van der Waals surface area (Å²) in [5, 5.41) is 4.52. The van der Waals surface area contributed by atoms with Crippen molar-refractivity contribution in [2.45, 2.75) is 13.8 Å². The third-order valence-electron chi connectivity index (χ3n) is 1.36. The number of halogens is 1. The molecule has 0 aliphatic carbocycles. The number of urea groups is 1. The number of nitrogens with one attached hydrogen (secondary N) is 2. The summed E-state index contributed by atoms with van der Waals surface area (Å²) < 4.78 is 5.22. The second-order valence-electron chi connectivity index (χ2n) is 3.41. The molecule has 0 saturated carbocycles. The largest absolute Gasteiger partial charge is 0.379 e. The highest BCUT2D eigenvalue weighted by molar-refractivity contribution is 6.28. The van der Waals surface area contributed by atoms with Crippen molar-refractivity contribution < 1.29 is 14.3 Å². The van der Waals surface area contributed by atoms with Gasteiger partial charge in [-0.2, -0.15) is 0 Å². The minimum Gasteiger partial charge on any atom is -0.379 e. The van der Waals surface area contributed by atoms with E-state index in [0.29, 0.717) is 25.7 Å². The highest BCUT2D eigenvalue weighted by Gasteiger charge is 2.04. The van der Waals surface area contributed by atoms with Crippen LogP contribution in [-0.2, 0) is 9.53 Å².